The van der Waals surface area contributed by atoms with Crippen molar-refractivity contribution in [2.75, 3.05) is 6.61 Å². The molecule has 6 nitrogen and oxygen atoms in total. The second-order valence-electron chi connectivity index (χ2n) is 6.85. The normalized spacial score (nSPS) is 10.8. The van der Waals surface area contributed by atoms with Crippen LogP contribution in [-0.2, 0) is 16.0 Å². The van der Waals surface area contributed by atoms with E-state index in [0.29, 0.717) is 30.2 Å². The van der Waals surface area contributed by atoms with Crippen LogP contribution in [-0.4, -0.2) is 24.3 Å². The maximum absolute atomic E-state index is 11.8. The molecule has 0 saturated carbocycles. The van der Waals surface area contributed by atoms with Crippen molar-refractivity contribution in [2.24, 2.45) is 0 Å². The minimum atomic E-state index is -0.543. The molecule has 0 bridgehead atoms. The number of hydrogen-bond donors (Lipinski definition) is 1. The number of alkyl carbamates (subject to hydrolysis) is 1. The SMILES string of the molecule is CCOC(=O)c1cccc(Oc2cccc(CNC(=O)OC(C)(C)C)c2)c1. The molecule has 0 aliphatic rings. The summed E-state index contributed by atoms with van der Waals surface area (Å²) in [6, 6.07) is 14.1. The van der Waals surface area contributed by atoms with Crippen LogP contribution in [0.2, 0.25) is 0 Å². The van der Waals surface area contributed by atoms with Crippen LogP contribution < -0.4 is 10.1 Å². The Hall–Kier alpha value is -3.02. The summed E-state index contributed by atoms with van der Waals surface area (Å²) in [4.78, 5) is 23.6. The molecule has 0 saturated heterocycles. The fourth-order valence-corrected chi connectivity index (χ4v) is 2.24. The molecule has 0 radical (unpaired) electrons. The van der Waals surface area contributed by atoms with Crippen LogP contribution in [0.5, 0.6) is 11.5 Å². The average Bonchev–Trinajstić information content (AvgIpc) is 2.59. The van der Waals surface area contributed by atoms with Crippen molar-refractivity contribution in [2.45, 2.75) is 39.8 Å². The Labute approximate surface area is 159 Å². The molecule has 2 rings (SSSR count). The van der Waals surface area contributed by atoms with Gasteiger partial charge in [-0.15, -0.1) is 0 Å². The van der Waals surface area contributed by atoms with Gasteiger partial charge in [-0.3, -0.25) is 0 Å². The molecule has 0 aliphatic carbocycles. The smallest absolute Gasteiger partial charge is 0.407 e. The molecule has 0 aromatic heterocycles. The quantitative estimate of drug-likeness (QED) is 0.746. The molecule has 1 amide bonds. The van der Waals surface area contributed by atoms with E-state index in [2.05, 4.69) is 5.32 Å². The van der Waals surface area contributed by atoms with Crippen molar-refractivity contribution in [1.82, 2.24) is 5.32 Å². The Morgan fingerprint density at radius 1 is 1.00 bits per heavy atom. The third-order valence-electron chi connectivity index (χ3n) is 3.32. The lowest BCUT2D eigenvalue weighted by atomic mass is 10.2. The van der Waals surface area contributed by atoms with E-state index >= 15 is 0 Å². The lowest BCUT2D eigenvalue weighted by Crippen LogP contribution is -2.32. The van der Waals surface area contributed by atoms with Gasteiger partial charge >= 0.3 is 12.1 Å². The predicted octanol–water partition coefficient (Wildman–Crippen LogP) is 4.68. The van der Waals surface area contributed by atoms with Gasteiger partial charge in [0.25, 0.3) is 0 Å². The molecule has 0 aliphatic heterocycles. The third-order valence-corrected chi connectivity index (χ3v) is 3.32. The van der Waals surface area contributed by atoms with E-state index in [1.165, 1.54) is 0 Å². The summed E-state index contributed by atoms with van der Waals surface area (Å²) in [7, 11) is 0. The molecule has 0 spiro atoms. The fraction of sp³-hybridized carbons (Fsp3) is 0.333. The van der Waals surface area contributed by atoms with E-state index in [-0.39, 0.29) is 0 Å². The first-order chi connectivity index (χ1) is 12.8. The summed E-state index contributed by atoms with van der Waals surface area (Å²) in [6.07, 6.45) is -0.476. The molecule has 0 unspecified atom stereocenters. The zero-order valence-corrected chi connectivity index (χ0v) is 16.1. The first-order valence-electron chi connectivity index (χ1n) is 8.77. The topological polar surface area (TPSA) is 73.9 Å². The van der Waals surface area contributed by atoms with Crippen molar-refractivity contribution in [3.63, 3.8) is 0 Å². The number of benzene rings is 2. The van der Waals surface area contributed by atoms with Crippen molar-refractivity contribution in [3.05, 3.63) is 59.7 Å². The van der Waals surface area contributed by atoms with Crippen LogP contribution >= 0.6 is 0 Å². The Morgan fingerprint density at radius 3 is 2.33 bits per heavy atom. The van der Waals surface area contributed by atoms with Gasteiger partial charge in [0.15, 0.2) is 0 Å². The van der Waals surface area contributed by atoms with Gasteiger partial charge in [0.05, 0.1) is 12.2 Å². The fourth-order valence-electron chi connectivity index (χ4n) is 2.24. The monoisotopic (exact) mass is 371 g/mol. The number of hydrogen-bond acceptors (Lipinski definition) is 5. The summed E-state index contributed by atoms with van der Waals surface area (Å²) < 4.78 is 16.0. The third kappa shape index (κ3) is 7.01. The van der Waals surface area contributed by atoms with Gasteiger partial charge in [-0.25, -0.2) is 9.59 Å². The van der Waals surface area contributed by atoms with Gasteiger partial charge in [0.2, 0.25) is 0 Å². The maximum atomic E-state index is 11.8. The molecule has 0 atom stereocenters. The first-order valence-corrected chi connectivity index (χ1v) is 8.77. The van der Waals surface area contributed by atoms with Gasteiger partial charge in [0.1, 0.15) is 17.1 Å². The molecule has 1 N–H and O–H groups in total. The van der Waals surface area contributed by atoms with Crippen LogP contribution in [0, 0.1) is 0 Å². The number of carbonyl (C=O) groups excluding carboxylic acids is 2. The number of amides is 1. The van der Waals surface area contributed by atoms with Crippen LogP contribution in [0.15, 0.2) is 48.5 Å². The summed E-state index contributed by atoms with van der Waals surface area (Å²) in [5, 5.41) is 2.71. The van der Waals surface area contributed by atoms with Crippen molar-refractivity contribution in [3.8, 4) is 11.5 Å². The standard InChI is InChI=1S/C21H25NO5/c1-5-25-19(23)16-9-7-11-18(13-16)26-17-10-6-8-15(12-17)14-22-20(24)27-21(2,3)4/h6-13H,5,14H2,1-4H3,(H,22,24). The number of esters is 1. The highest BCUT2D eigenvalue weighted by molar-refractivity contribution is 5.89. The maximum Gasteiger partial charge on any atom is 0.407 e. The highest BCUT2D eigenvalue weighted by Crippen LogP contribution is 2.23. The Bertz CT molecular complexity index is 795. The van der Waals surface area contributed by atoms with Crippen molar-refractivity contribution >= 4 is 12.1 Å². The van der Waals surface area contributed by atoms with Crippen molar-refractivity contribution < 1.29 is 23.8 Å². The Morgan fingerprint density at radius 2 is 1.67 bits per heavy atom. The number of nitrogens with one attached hydrogen (secondary N) is 1. The van der Waals surface area contributed by atoms with Crippen LogP contribution in [0.3, 0.4) is 0 Å². The second-order valence-corrected chi connectivity index (χ2v) is 6.85. The van der Waals surface area contributed by atoms with Crippen LogP contribution in [0.4, 0.5) is 4.79 Å². The lowest BCUT2D eigenvalue weighted by molar-refractivity contribution is 0.0514. The van der Waals surface area contributed by atoms with E-state index in [1.807, 2.05) is 39.0 Å². The molecule has 144 valence electrons. The zero-order valence-electron chi connectivity index (χ0n) is 16.1. The minimum absolute atomic E-state index is 0.314. The van der Waals surface area contributed by atoms with Crippen molar-refractivity contribution in [1.29, 1.82) is 0 Å². The Balaban J connectivity index is 2.00. The average molecular weight is 371 g/mol. The molecule has 27 heavy (non-hydrogen) atoms. The van der Waals surface area contributed by atoms with Gasteiger partial charge in [0, 0.05) is 6.54 Å². The Kier molecular flexibility index (Phi) is 6.82. The van der Waals surface area contributed by atoms with E-state index in [1.54, 1.807) is 37.3 Å². The molecular weight excluding hydrogens is 346 g/mol. The van der Waals surface area contributed by atoms with E-state index < -0.39 is 17.7 Å². The molecule has 0 heterocycles. The van der Waals surface area contributed by atoms with Gasteiger partial charge in [-0.05, 0) is 63.6 Å². The van der Waals surface area contributed by atoms with E-state index in [9.17, 15) is 9.59 Å². The summed E-state index contributed by atoms with van der Waals surface area (Å²) in [5.74, 6) is 0.732. The molecule has 2 aromatic carbocycles. The lowest BCUT2D eigenvalue weighted by Gasteiger charge is -2.19. The van der Waals surface area contributed by atoms with E-state index in [4.69, 9.17) is 14.2 Å². The summed E-state index contributed by atoms with van der Waals surface area (Å²) >= 11 is 0. The first kappa shape index (κ1) is 20.3. The van der Waals surface area contributed by atoms with Gasteiger partial charge in [-0.1, -0.05) is 18.2 Å². The summed E-state index contributed by atoms with van der Waals surface area (Å²) in [6.45, 7) is 7.82. The largest absolute Gasteiger partial charge is 0.462 e. The van der Waals surface area contributed by atoms with Crippen LogP contribution in [0.25, 0.3) is 0 Å². The second kappa shape index (κ2) is 9.07. The number of rotatable bonds is 6. The highest BCUT2D eigenvalue weighted by Gasteiger charge is 2.15. The van der Waals surface area contributed by atoms with Gasteiger partial charge < -0.3 is 19.5 Å². The molecule has 0 fully saturated rings. The van der Waals surface area contributed by atoms with E-state index in [0.717, 1.165) is 5.56 Å². The predicted molar refractivity (Wildman–Crippen MR) is 102 cm³/mol. The number of carbonyl (C=O) groups is 2. The molecule has 2 aromatic rings. The van der Waals surface area contributed by atoms with Crippen LogP contribution in [0.1, 0.15) is 43.6 Å². The summed E-state index contributed by atoms with van der Waals surface area (Å²) in [5.41, 5.74) is 0.746. The molecular formula is C21H25NO5. The minimum Gasteiger partial charge on any atom is -0.462 e. The zero-order chi connectivity index (χ0) is 19.9. The highest BCUT2D eigenvalue weighted by atomic mass is 16.6. The van der Waals surface area contributed by atoms with Gasteiger partial charge in [-0.2, -0.15) is 0 Å². The molecule has 6 heteroatoms. The number of ether oxygens (including phenoxy) is 3.